The van der Waals surface area contributed by atoms with E-state index in [1.54, 1.807) is 62.6 Å². The lowest BCUT2D eigenvalue weighted by atomic mass is 10.1. The van der Waals surface area contributed by atoms with Crippen molar-refractivity contribution in [2.24, 2.45) is 0 Å². The van der Waals surface area contributed by atoms with Gasteiger partial charge in [0.1, 0.15) is 18.1 Å². The van der Waals surface area contributed by atoms with Crippen molar-refractivity contribution in [3.8, 4) is 5.75 Å². The molecule has 0 aliphatic carbocycles. The molecule has 1 N–H and O–H groups in total. The first-order valence-electron chi connectivity index (χ1n) is 9.13. The van der Waals surface area contributed by atoms with Crippen LogP contribution in [0.15, 0.2) is 53.1 Å². The molecule has 0 aliphatic rings. The van der Waals surface area contributed by atoms with Crippen molar-refractivity contribution in [3.05, 3.63) is 76.7 Å². The van der Waals surface area contributed by atoms with E-state index in [4.69, 9.17) is 9.26 Å². The normalized spacial score (nSPS) is 10.5. The van der Waals surface area contributed by atoms with Gasteiger partial charge in [-0.05, 0) is 44.2 Å². The molecule has 0 saturated carbocycles. The van der Waals surface area contributed by atoms with Crippen LogP contribution in [-0.4, -0.2) is 36.0 Å². The van der Waals surface area contributed by atoms with Gasteiger partial charge < -0.3 is 19.5 Å². The van der Waals surface area contributed by atoms with Gasteiger partial charge >= 0.3 is 0 Å². The van der Waals surface area contributed by atoms with Crippen LogP contribution in [0.2, 0.25) is 0 Å². The van der Waals surface area contributed by atoms with Crippen LogP contribution in [-0.2, 0) is 6.61 Å². The summed E-state index contributed by atoms with van der Waals surface area (Å²) in [4.78, 5) is 26.5. The molecule has 0 atom stereocenters. The molecule has 2 aromatic carbocycles. The zero-order valence-corrected chi connectivity index (χ0v) is 16.9. The van der Waals surface area contributed by atoms with E-state index in [1.807, 2.05) is 13.8 Å². The molecule has 7 nitrogen and oxygen atoms in total. The quantitative estimate of drug-likeness (QED) is 0.688. The number of anilines is 1. The molecule has 1 aromatic heterocycles. The highest BCUT2D eigenvalue weighted by Gasteiger charge is 2.16. The monoisotopic (exact) mass is 393 g/mol. The van der Waals surface area contributed by atoms with Crippen LogP contribution in [0.25, 0.3) is 0 Å². The van der Waals surface area contributed by atoms with E-state index in [2.05, 4.69) is 10.5 Å². The van der Waals surface area contributed by atoms with E-state index in [0.29, 0.717) is 28.3 Å². The summed E-state index contributed by atoms with van der Waals surface area (Å²) in [6.45, 7) is 3.91. The van der Waals surface area contributed by atoms with Gasteiger partial charge in [-0.2, -0.15) is 0 Å². The van der Waals surface area contributed by atoms with Crippen molar-refractivity contribution >= 4 is 17.5 Å². The number of para-hydroxylation sites is 1. The molecule has 7 heteroatoms. The smallest absolute Gasteiger partial charge is 0.259 e. The first-order valence-corrected chi connectivity index (χ1v) is 9.13. The molecule has 0 saturated heterocycles. The predicted octanol–water partition coefficient (Wildman–Crippen LogP) is 3.82. The Morgan fingerprint density at radius 1 is 1.10 bits per heavy atom. The van der Waals surface area contributed by atoms with E-state index in [9.17, 15) is 9.59 Å². The second-order valence-electron chi connectivity index (χ2n) is 6.82. The molecule has 3 rings (SSSR count). The van der Waals surface area contributed by atoms with Crippen LogP contribution in [0.5, 0.6) is 5.75 Å². The average Bonchev–Trinajstić information content (AvgIpc) is 3.03. The van der Waals surface area contributed by atoms with E-state index < -0.39 is 0 Å². The number of carbonyl (C=O) groups is 2. The predicted molar refractivity (Wildman–Crippen MR) is 109 cm³/mol. The lowest BCUT2D eigenvalue weighted by molar-refractivity contribution is 0.0827. The summed E-state index contributed by atoms with van der Waals surface area (Å²) in [5.41, 5.74) is 3.03. The number of nitrogens with zero attached hydrogens (tertiary/aromatic N) is 2. The summed E-state index contributed by atoms with van der Waals surface area (Å²) in [5, 5.41) is 6.74. The van der Waals surface area contributed by atoms with E-state index in [1.165, 1.54) is 4.90 Å². The van der Waals surface area contributed by atoms with Gasteiger partial charge in [0.2, 0.25) is 0 Å². The van der Waals surface area contributed by atoms with Crippen LogP contribution >= 0.6 is 0 Å². The van der Waals surface area contributed by atoms with Crippen LogP contribution < -0.4 is 10.1 Å². The molecule has 150 valence electrons. The lowest BCUT2D eigenvalue weighted by Crippen LogP contribution is -2.22. The average molecular weight is 393 g/mol. The van der Waals surface area contributed by atoms with Gasteiger partial charge in [0, 0.05) is 25.3 Å². The third-order valence-corrected chi connectivity index (χ3v) is 4.46. The summed E-state index contributed by atoms with van der Waals surface area (Å²) in [7, 11) is 3.36. The molecule has 29 heavy (non-hydrogen) atoms. The number of aryl methyl sites for hydroxylation is 2. The number of carbonyl (C=O) groups excluding carboxylic acids is 2. The summed E-state index contributed by atoms with van der Waals surface area (Å²) >= 11 is 0. The number of nitrogens with one attached hydrogen (secondary N) is 1. The molecule has 0 fully saturated rings. The highest BCUT2D eigenvalue weighted by molar-refractivity contribution is 6.06. The second-order valence-corrected chi connectivity index (χ2v) is 6.82. The van der Waals surface area contributed by atoms with E-state index >= 15 is 0 Å². The number of hydrogen-bond acceptors (Lipinski definition) is 5. The zero-order chi connectivity index (χ0) is 21.0. The number of amides is 2. The molecule has 0 aliphatic heterocycles. The Morgan fingerprint density at radius 2 is 1.86 bits per heavy atom. The van der Waals surface area contributed by atoms with Crippen LogP contribution in [0.1, 0.15) is 37.7 Å². The lowest BCUT2D eigenvalue weighted by Gasteiger charge is -2.13. The Balaban J connectivity index is 1.77. The summed E-state index contributed by atoms with van der Waals surface area (Å²) in [6, 6.07) is 13.8. The standard InChI is InChI=1S/C22H23N3O4/c1-14-19(15(2)29-24-14)13-28-20-11-6-5-10-18(20)21(26)23-17-9-7-8-16(12-17)22(27)25(3)4/h5-12H,13H2,1-4H3,(H,23,26). The molecule has 1 heterocycles. The summed E-state index contributed by atoms with van der Waals surface area (Å²) < 4.78 is 11.0. The van der Waals surface area contributed by atoms with Crippen molar-refractivity contribution in [2.75, 3.05) is 19.4 Å². The topological polar surface area (TPSA) is 84.7 Å². The molecule has 0 spiro atoms. The van der Waals surface area contributed by atoms with Gasteiger partial charge in [-0.1, -0.05) is 23.4 Å². The molecule has 0 bridgehead atoms. The number of rotatable bonds is 6. The van der Waals surface area contributed by atoms with Crippen molar-refractivity contribution in [2.45, 2.75) is 20.5 Å². The maximum atomic E-state index is 12.8. The number of ether oxygens (including phenoxy) is 1. The SMILES string of the molecule is Cc1noc(C)c1COc1ccccc1C(=O)Nc1cccc(C(=O)N(C)C)c1. The Bertz CT molecular complexity index is 1020. The minimum Gasteiger partial charge on any atom is -0.488 e. The van der Waals surface area contributed by atoms with Crippen LogP contribution in [0.4, 0.5) is 5.69 Å². The molecular formula is C22H23N3O4. The molecule has 3 aromatic rings. The molecular weight excluding hydrogens is 370 g/mol. The minimum absolute atomic E-state index is 0.135. The summed E-state index contributed by atoms with van der Waals surface area (Å²) in [5.74, 6) is 0.676. The number of benzene rings is 2. The van der Waals surface area contributed by atoms with Crippen LogP contribution in [0.3, 0.4) is 0 Å². The Labute approximate surface area is 169 Å². The van der Waals surface area contributed by atoms with Gasteiger partial charge in [-0.15, -0.1) is 0 Å². The van der Waals surface area contributed by atoms with Gasteiger partial charge in [0.05, 0.1) is 16.8 Å². The Morgan fingerprint density at radius 3 is 2.55 bits per heavy atom. The molecule has 0 unspecified atom stereocenters. The van der Waals surface area contributed by atoms with E-state index in [-0.39, 0.29) is 18.4 Å². The maximum Gasteiger partial charge on any atom is 0.259 e. The summed E-state index contributed by atoms with van der Waals surface area (Å²) in [6.07, 6.45) is 0. The second kappa shape index (κ2) is 8.60. The van der Waals surface area contributed by atoms with Gasteiger partial charge in [0.15, 0.2) is 0 Å². The van der Waals surface area contributed by atoms with E-state index in [0.717, 1.165) is 11.3 Å². The van der Waals surface area contributed by atoms with Gasteiger partial charge in [-0.25, -0.2) is 0 Å². The minimum atomic E-state index is -0.325. The number of hydrogen-bond donors (Lipinski definition) is 1. The fraction of sp³-hybridized carbons (Fsp3) is 0.227. The third kappa shape index (κ3) is 4.63. The largest absolute Gasteiger partial charge is 0.488 e. The first kappa shape index (κ1) is 20.1. The van der Waals surface area contributed by atoms with Crippen molar-refractivity contribution in [1.82, 2.24) is 10.1 Å². The van der Waals surface area contributed by atoms with Gasteiger partial charge in [-0.3, -0.25) is 9.59 Å². The number of aromatic nitrogens is 1. The fourth-order valence-corrected chi connectivity index (χ4v) is 2.82. The van der Waals surface area contributed by atoms with Gasteiger partial charge in [0.25, 0.3) is 11.8 Å². The first-order chi connectivity index (χ1) is 13.9. The Kier molecular flexibility index (Phi) is 5.97. The Hall–Kier alpha value is -3.61. The third-order valence-electron chi connectivity index (χ3n) is 4.46. The zero-order valence-electron chi connectivity index (χ0n) is 16.9. The molecule has 2 amide bonds. The van der Waals surface area contributed by atoms with Crippen molar-refractivity contribution in [3.63, 3.8) is 0 Å². The van der Waals surface area contributed by atoms with Crippen molar-refractivity contribution in [1.29, 1.82) is 0 Å². The van der Waals surface area contributed by atoms with Crippen LogP contribution in [0, 0.1) is 13.8 Å². The maximum absolute atomic E-state index is 12.8. The highest BCUT2D eigenvalue weighted by atomic mass is 16.5. The van der Waals surface area contributed by atoms with Crippen molar-refractivity contribution < 1.29 is 18.8 Å². The molecule has 0 radical (unpaired) electrons. The highest BCUT2D eigenvalue weighted by Crippen LogP contribution is 2.23. The fourth-order valence-electron chi connectivity index (χ4n) is 2.82.